The Kier molecular flexibility index (Phi) is 4.81. The summed E-state index contributed by atoms with van der Waals surface area (Å²) in [4.78, 5) is 3.47. The summed E-state index contributed by atoms with van der Waals surface area (Å²) in [5, 5.41) is 0.550. The Bertz CT molecular complexity index is 571. The Morgan fingerprint density at radius 3 is 2.65 bits per heavy atom. The minimum absolute atomic E-state index is 0.128. The average molecular weight is 365 g/mol. The number of hydrogen-bond donors (Lipinski definition) is 1. The normalized spacial score (nSPS) is 27.4. The van der Waals surface area contributed by atoms with Crippen molar-refractivity contribution < 1.29 is 12.8 Å². The summed E-state index contributed by atoms with van der Waals surface area (Å²) in [5.41, 5.74) is -0.488. The first-order valence-electron chi connectivity index (χ1n) is 6.57. The van der Waals surface area contributed by atoms with Gasteiger partial charge in [-0.1, -0.05) is 22.9 Å². The molecule has 2 rings (SSSR count). The topological polar surface area (TPSA) is 59.1 Å². The van der Waals surface area contributed by atoms with Crippen LogP contribution in [0.3, 0.4) is 0 Å². The molecular weight excluding hydrogens is 347 g/mol. The summed E-state index contributed by atoms with van der Waals surface area (Å²) >= 11 is 3.41. The molecule has 0 spiro atoms. The van der Waals surface area contributed by atoms with Gasteiger partial charge in [-0.15, -0.1) is 0 Å². The smallest absolute Gasteiger partial charge is 0.242 e. The van der Waals surface area contributed by atoms with Crippen molar-refractivity contribution in [1.29, 1.82) is 0 Å². The third kappa shape index (κ3) is 3.56. The fourth-order valence-corrected chi connectivity index (χ4v) is 4.78. The second kappa shape index (κ2) is 6.07. The van der Waals surface area contributed by atoms with E-state index in [0.717, 1.165) is 37.9 Å². The van der Waals surface area contributed by atoms with Crippen molar-refractivity contribution in [3.05, 3.63) is 24.3 Å². The highest BCUT2D eigenvalue weighted by Gasteiger charge is 2.37. The summed E-state index contributed by atoms with van der Waals surface area (Å²) in [6, 6.07) is 0.989. The van der Waals surface area contributed by atoms with Crippen LogP contribution in [0.5, 0.6) is 0 Å². The van der Waals surface area contributed by atoms with Crippen LogP contribution in [-0.2, 0) is 10.0 Å². The van der Waals surface area contributed by atoms with E-state index in [1.54, 1.807) is 0 Å². The number of hydrogen-bond acceptors (Lipinski definition) is 3. The maximum absolute atomic E-state index is 13.1. The van der Waals surface area contributed by atoms with Gasteiger partial charge in [0.25, 0.3) is 0 Å². The number of sulfonamides is 1. The van der Waals surface area contributed by atoms with Crippen molar-refractivity contribution in [3.63, 3.8) is 0 Å². The molecule has 0 amide bonds. The highest BCUT2D eigenvalue weighted by atomic mass is 79.9. The van der Waals surface area contributed by atoms with Crippen LogP contribution in [0, 0.1) is 11.7 Å². The van der Waals surface area contributed by atoms with E-state index in [1.165, 1.54) is 6.20 Å². The molecule has 1 aromatic heterocycles. The summed E-state index contributed by atoms with van der Waals surface area (Å²) in [6.07, 6.45) is 5.67. The second-order valence-corrected chi connectivity index (χ2v) is 7.78. The van der Waals surface area contributed by atoms with Crippen molar-refractivity contribution >= 4 is 26.0 Å². The molecule has 0 unspecified atom stereocenters. The molecule has 0 saturated heterocycles. The van der Waals surface area contributed by atoms with Gasteiger partial charge in [-0.2, -0.15) is 0 Å². The quantitative estimate of drug-likeness (QED) is 0.835. The number of pyridine rings is 1. The zero-order chi connectivity index (χ0) is 14.8. The highest BCUT2D eigenvalue weighted by molar-refractivity contribution is 9.09. The van der Waals surface area contributed by atoms with Gasteiger partial charge in [-0.05, 0) is 37.7 Å². The van der Waals surface area contributed by atoms with Gasteiger partial charge in [0.15, 0.2) is 0 Å². The highest BCUT2D eigenvalue weighted by Crippen LogP contribution is 2.34. The number of nitrogens with zero attached hydrogens (tertiary/aromatic N) is 1. The summed E-state index contributed by atoms with van der Waals surface area (Å²) in [5.74, 6) is -0.0412. The third-order valence-electron chi connectivity index (χ3n) is 3.83. The molecule has 0 aliphatic heterocycles. The fraction of sp³-hybridized carbons (Fsp3) is 0.615. The lowest BCUT2D eigenvalue weighted by Gasteiger charge is -2.38. The number of rotatable bonds is 4. The molecule has 4 nitrogen and oxygen atoms in total. The van der Waals surface area contributed by atoms with E-state index in [0.29, 0.717) is 11.2 Å². The number of nitrogens with one attached hydrogen (secondary N) is 1. The summed E-state index contributed by atoms with van der Waals surface area (Å²) < 4.78 is 40.6. The van der Waals surface area contributed by atoms with Crippen LogP contribution >= 0.6 is 15.9 Å². The van der Waals surface area contributed by atoms with E-state index < -0.39 is 21.4 Å². The molecule has 1 fully saturated rings. The first-order chi connectivity index (χ1) is 9.37. The lowest BCUT2D eigenvalue weighted by molar-refractivity contribution is 0.250. The molecule has 1 heterocycles. The predicted octanol–water partition coefficient (Wildman–Crippen LogP) is 2.84. The van der Waals surface area contributed by atoms with E-state index in [4.69, 9.17) is 0 Å². The van der Waals surface area contributed by atoms with Gasteiger partial charge in [-0.25, -0.2) is 17.5 Å². The maximum atomic E-state index is 13.1. The SMILES string of the molecule is CC1CCC(CBr)(NS(=O)(=O)c2cncc(F)c2)CC1. The van der Waals surface area contributed by atoms with E-state index >= 15 is 0 Å². The molecule has 112 valence electrons. The van der Waals surface area contributed by atoms with Crippen LogP contribution in [0.25, 0.3) is 0 Å². The lowest BCUT2D eigenvalue weighted by atomic mass is 9.79. The molecule has 1 aromatic rings. The Morgan fingerprint density at radius 2 is 2.10 bits per heavy atom. The number of alkyl halides is 1. The van der Waals surface area contributed by atoms with Crippen molar-refractivity contribution in [2.45, 2.75) is 43.0 Å². The van der Waals surface area contributed by atoms with Crippen molar-refractivity contribution in [2.24, 2.45) is 5.92 Å². The molecule has 1 saturated carbocycles. The fourth-order valence-electron chi connectivity index (χ4n) is 2.46. The molecule has 1 N–H and O–H groups in total. The van der Waals surface area contributed by atoms with E-state index in [-0.39, 0.29) is 4.90 Å². The molecule has 7 heteroatoms. The van der Waals surface area contributed by atoms with E-state index in [1.807, 2.05) is 0 Å². The van der Waals surface area contributed by atoms with Gasteiger partial charge in [0.05, 0.1) is 6.20 Å². The monoisotopic (exact) mass is 364 g/mol. The lowest BCUT2D eigenvalue weighted by Crippen LogP contribution is -2.51. The first-order valence-corrected chi connectivity index (χ1v) is 9.18. The van der Waals surface area contributed by atoms with Gasteiger partial charge in [0.2, 0.25) is 10.0 Å². The molecule has 0 bridgehead atoms. The van der Waals surface area contributed by atoms with Gasteiger partial charge < -0.3 is 0 Å². The third-order valence-corrected chi connectivity index (χ3v) is 6.45. The Labute approximate surface area is 127 Å². The van der Waals surface area contributed by atoms with Crippen LogP contribution in [0.15, 0.2) is 23.4 Å². The Morgan fingerprint density at radius 1 is 1.45 bits per heavy atom. The van der Waals surface area contributed by atoms with E-state index in [2.05, 4.69) is 32.6 Å². The van der Waals surface area contributed by atoms with Crippen LogP contribution < -0.4 is 4.72 Å². The average Bonchev–Trinajstić information content (AvgIpc) is 2.41. The van der Waals surface area contributed by atoms with Gasteiger partial charge in [-0.3, -0.25) is 4.98 Å². The molecule has 1 aliphatic rings. The van der Waals surface area contributed by atoms with Gasteiger partial charge in [0, 0.05) is 17.1 Å². The standard InChI is InChI=1S/C13H18BrFN2O2S/c1-10-2-4-13(9-14,5-3-10)17-20(18,19)12-6-11(15)7-16-8-12/h6-8,10,17H,2-5,9H2,1H3. The molecule has 1 aliphatic carbocycles. The minimum Gasteiger partial charge on any atom is -0.260 e. The molecule has 0 atom stereocenters. The number of aromatic nitrogens is 1. The minimum atomic E-state index is -3.75. The zero-order valence-corrected chi connectivity index (χ0v) is 13.7. The van der Waals surface area contributed by atoms with Crippen molar-refractivity contribution in [1.82, 2.24) is 9.71 Å². The van der Waals surface area contributed by atoms with Crippen LogP contribution in [0.1, 0.15) is 32.6 Å². The predicted molar refractivity (Wildman–Crippen MR) is 78.7 cm³/mol. The van der Waals surface area contributed by atoms with Crippen LogP contribution in [-0.4, -0.2) is 24.3 Å². The number of halogens is 2. The van der Waals surface area contributed by atoms with Crippen molar-refractivity contribution in [2.75, 3.05) is 5.33 Å². The molecular formula is C13H18BrFN2O2S. The Balaban J connectivity index is 2.22. The Hall–Kier alpha value is -0.530. The van der Waals surface area contributed by atoms with Gasteiger partial charge >= 0.3 is 0 Å². The van der Waals surface area contributed by atoms with Crippen molar-refractivity contribution in [3.8, 4) is 0 Å². The summed E-state index contributed by atoms with van der Waals surface area (Å²) in [7, 11) is -3.75. The van der Waals surface area contributed by atoms with E-state index in [9.17, 15) is 12.8 Å². The van der Waals surface area contributed by atoms with Crippen LogP contribution in [0.4, 0.5) is 4.39 Å². The molecule has 20 heavy (non-hydrogen) atoms. The van der Waals surface area contributed by atoms with Gasteiger partial charge in [0.1, 0.15) is 10.7 Å². The summed E-state index contributed by atoms with van der Waals surface area (Å²) in [6.45, 7) is 2.17. The molecule has 0 aromatic carbocycles. The van der Waals surface area contributed by atoms with Crippen LogP contribution in [0.2, 0.25) is 0 Å². The molecule has 0 radical (unpaired) electrons. The maximum Gasteiger partial charge on any atom is 0.242 e. The second-order valence-electron chi connectivity index (χ2n) is 5.54. The first kappa shape index (κ1) is 15.9. The largest absolute Gasteiger partial charge is 0.260 e. The zero-order valence-electron chi connectivity index (χ0n) is 11.3.